The first-order valence-corrected chi connectivity index (χ1v) is 6.20. The van der Waals surface area contributed by atoms with Gasteiger partial charge in [-0.05, 0) is 30.5 Å². The van der Waals surface area contributed by atoms with E-state index < -0.39 is 0 Å². The predicted molar refractivity (Wildman–Crippen MR) is 68.1 cm³/mol. The maximum atomic E-state index is 13.2. The molecule has 96 valence electrons. The number of benzene rings is 1. The van der Waals surface area contributed by atoms with Gasteiger partial charge in [-0.1, -0.05) is 26.3 Å². The molecule has 0 aliphatic carbocycles. The van der Waals surface area contributed by atoms with Crippen LogP contribution in [0.1, 0.15) is 38.3 Å². The van der Waals surface area contributed by atoms with Gasteiger partial charge < -0.3 is 10.4 Å². The van der Waals surface area contributed by atoms with E-state index in [0.29, 0.717) is 24.1 Å². The molecule has 2 unspecified atom stereocenters. The lowest BCUT2D eigenvalue weighted by molar-refractivity contribution is 0.275. The third-order valence-corrected chi connectivity index (χ3v) is 3.41. The molecule has 0 aliphatic rings. The molecule has 0 aromatic heterocycles. The molecule has 1 aromatic rings. The Hall–Kier alpha value is -0.930. The predicted octanol–water partition coefficient (Wildman–Crippen LogP) is 2.84. The van der Waals surface area contributed by atoms with E-state index in [2.05, 4.69) is 26.1 Å². The molecule has 0 saturated carbocycles. The fourth-order valence-electron chi connectivity index (χ4n) is 1.69. The number of aliphatic hydroxyl groups excluding tert-OH is 1. The monoisotopic (exact) mass is 239 g/mol. The third-order valence-electron chi connectivity index (χ3n) is 3.41. The van der Waals surface area contributed by atoms with Crippen molar-refractivity contribution in [1.82, 2.24) is 5.32 Å². The second-order valence-electron chi connectivity index (χ2n) is 4.64. The van der Waals surface area contributed by atoms with Gasteiger partial charge in [0.05, 0.1) is 6.61 Å². The molecule has 3 heteroatoms. The van der Waals surface area contributed by atoms with E-state index in [0.717, 1.165) is 12.0 Å². The summed E-state index contributed by atoms with van der Waals surface area (Å²) in [6, 6.07) is 5.31. The molecule has 2 N–H and O–H groups in total. The molecule has 0 radical (unpaired) electrons. The number of hydrogen-bond donors (Lipinski definition) is 2. The Morgan fingerprint density at radius 1 is 1.35 bits per heavy atom. The van der Waals surface area contributed by atoms with E-state index in [1.54, 1.807) is 12.1 Å². The second kappa shape index (κ2) is 6.72. The summed E-state index contributed by atoms with van der Waals surface area (Å²) in [6.45, 7) is 7.00. The van der Waals surface area contributed by atoms with E-state index in [9.17, 15) is 4.39 Å². The topological polar surface area (TPSA) is 32.3 Å². The van der Waals surface area contributed by atoms with Crippen LogP contribution in [-0.2, 0) is 13.2 Å². The molecular weight excluding hydrogens is 217 g/mol. The van der Waals surface area contributed by atoms with E-state index in [4.69, 9.17) is 5.11 Å². The molecule has 0 spiro atoms. The molecule has 0 fully saturated rings. The Morgan fingerprint density at radius 2 is 2.06 bits per heavy atom. The molecule has 0 heterocycles. The van der Waals surface area contributed by atoms with Crippen molar-refractivity contribution >= 4 is 0 Å². The zero-order valence-electron chi connectivity index (χ0n) is 10.8. The molecule has 0 aliphatic heterocycles. The van der Waals surface area contributed by atoms with Gasteiger partial charge in [0, 0.05) is 18.2 Å². The maximum Gasteiger partial charge on any atom is 0.128 e. The van der Waals surface area contributed by atoms with Crippen molar-refractivity contribution in [2.45, 2.75) is 46.4 Å². The van der Waals surface area contributed by atoms with E-state index in [1.807, 2.05) is 0 Å². The van der Waals surface area contributed by atoms with Crippen molar-refractivity contribution in [3.8, 4) is 0 Å². The van der Waals surface area contributed by atoms with Crippen molar-refractivity contribution in [3.63, 3.8) is 0 Å². The Balaban J connectivity index is 2.57. The highest BCUT2D eigenvalue weighted by atomic mass is 19.1. The van der Waals surface area contributed by atoms with Crippen molar-refractivity contribution < 1.29 is 9.50 Å². The number of nitrogens with one attached hydrogen (secondary N) is 1. The fraction of sp³-hybridized carbons (Fsp3) is 0.571. The minimum Gasteiger partial charge on any atom is -0.392 e. The first-order chi connectivity index (χ1) is 8.08. The molecule has 2 atom stereocenters. The van der Waals surface area contributed by atoms with Crippen molar-refractivity contribution in [1.29, 1.82) is 0 Å². The zero-order valence-corrected chi connectivity index (χ0v) is 10.8. The first-order valence-electron chi connectivity index (χ1n) is 6.20. The van der Waals surface area contributed by atoms with Gasteiger partial charge in [-0.15, -0.1) is 0 Å². The highest BCUT2D eigenvalue weighted by Gasteiger charge is 2.09. The molecule has 0 amide bonds. The van der Waals surface area contributed by atoms with Crippen LogP contribution in [0.15, 0.2) is 18.2 Å². The molecule has 0 saturated heterocycles. The summed E-state index contributed by atoms with van der Waals surface area (Å²) in [6.07, 6.45) is 1.14. The Labute approximate surface area is 103 Å². The molecule has 1 aromatic carbocycles. The van der Waals surface area contributed by atoms with Gasteiger partial charge in [0.15, 0.2) is 0 Å². The van der Waals surface area contributed by atoms with Crippen LogP contribution in [0, 0.1) is 11.7 Å². The summed E-state index contributed by atoms with van der Waals surface area (Å²) in [5.74, 6) is 0.277. The van der Waals surface area contributed by atoms with Crippen LogP contribution in [0.4, 0.5) is 4.39 Å². The molecular formula is C14H22FNO. The van der Waals surface area contributed by atoms with E-state index in [1.165, 1.54) is 6.07 Å². The Morgan fingerprint density at radius 3 is 2.65 bits per heavy atom. The zero-order chi connectivity index (χ0) is 12.8. The summed E-state index contributed by atoms with van der Waals surface area (Å²) in [4.78, 5) is 0. The lowest BCUT2D eigenvalue weighted by Gasteiger charge is -2.20. The van der Waals surface area contributed by atoms with Crippen LogP contribution in [0.25, 0.3) is 0 Å². The third kappa shape index (κ3) is 4.10. The lowest BCUT2D eigenvalue weighted by Crippen LogP contribution is -2.31. The summed E-state index contributed by atoms with van der Waals surface area (Å²) >= 11 is 0. The molecule has 17 heavy (non-hydrogen) atoms. The standard InChI is InChI=1S/C14H22FNO/c1-4-10(2)11(3)16-8-12-5-6-14(15)13(7-12)9-17/h5-7,10-11,16-17H,4,8-9H2,1-3H3. The van der Waals surface area contributed by atoms with Gasteiger partial charge in [0.2, 0.25) is 0 Å². The van der Waals surface area contributed by atoms with Gasteiger partial charge in [-0.25, -0.2) is 4.39 Å². The molecule has 2 nitrogen and oxygen atoms in total. The number of aliphatic hydroxyl groups is 1. The van der Waals surface area contributed by atoms with Gasteiger partial charge in [-0.3, -0.25) is 0 Å². The van der Waals surface area contributed by atoms with Crippen molar-refractivity contribution in [3.05, 3.63) is 35.1 Å². The van der Waals surface area contributed by atoms with Crippen molar-refractivity contribution in [2.75, 3.05) is 0 Å². The largest absolute Gasteiger partial charge is 0.392 e. The van der Waals surface area contributed by atoms with Gasteiger partial charge in [0.25, 0.3) is 0 Å². The van der Waals surface area contributed by atoms with E-state index in [-0.39, 0.29) is 12.4 Å². The average Bonchev–Trinajstić information content (AvgIpc) is 2.36. The number of rotatable bonds is 6. The SMILES string of the molecule is CCC(C)C(C)NCc1ccc(F)c(CO)c1. The van der Waals surface area contributed by atoms with Crippen LogP contribution in [0.5, 0.6) is 0 Å². The van der Waals surface area contributed by atoms with Gasteiger partial charge in [-0.2, -0.15) is 0 Å². The fourth-order valence-corrected chi connectivity index (χ4v) is 1.69. The Bertz CT molecular complexity index is 354. The lowest BCUT2D eigenvalue weighted by atomic mass is 10.0. The highest BCUT2D eigenvalue weighted by Crippen LogP contribution is 2.12. The highest BCUT2D eigenvalue weighted by molar-refractivity contribution is 5.24. The van der Waals surface area contributed by atoms with Crippen molar-refractivity contribution in [2.24, 2.45) is 5.92 Å². The molecule has 0 bridgehead atoms. The quantitative estimate of drug-likeness (QED) is 0.800. The second-order valence-corrected chi connectivity index (χ2v) is 4.64. The van der Waals surface area contributed by atoms with E-state index >= 15 is 0 Å². The van der Waals surface area contributed by atoms with Gasteiger partial charge in [0.1, 0.15) is 5.82 Å². The van der Waals surface area contributed by atoms with Gasteiger partial charge >= 0.3 is 0 Å². The summed E-state index contributed by atoms with van der Waals surface area (Å²) in [5, 5.41) is 12.4. The normalized spacial score (nSPS) is 14.6. The summed E-state index contributed by atoms with van der Waals surface area (Å²) in [7, 11) is 0. The van der Waals surface area contributed by atoms with Crippen LogP contribution >= 0.6 is 0 Å². The van der Waals surface area contributed by atoms with Crippen LogP contribution in [0.2, 0.25) is 0 Å². The smallest absolute Gasteiger partial charge is 0.128 e. The molecule has 1 rings (SSSR count). The minimum atomic E-state index is -0.341. The summed E-state index contributed by atoms with van der Waals surface area (Å²) < 4.78 is 13.2. The Kier molecular flexibility index (Phi) is 5.59. The van der Waals surface area contributed by atoms with Crippen LogP contribution in [0.3, 0.4) is 0 Å². The number of halogens is 1. The first kappa shape index (κ1) is 14.1. The van der Waals surface area contributed by atoms with Crippen LogP contribution in [-0.4, -0.2) is 11.1 Å². The number of hydrogen-bond acceptors (Lipinski definition) is 2. The maximum absolute atomic E-state index is 13.2. The average molecular weight is 239 g/mol. The minimum absolute atomic E-state index is 0.249. The summed E-state index contributed by atoms with van der Waals surface area (Å²) in [5.41, 5.74) is 1.37. The van der Waals surface area contributed by atoms with Crippen LogP contribution < -0.4 is 5.32 Å².